The van der Waals surface area contributed by atoms with Crippen LogP contribution in [0.5, 0.6) is 0 Å². The first-order chi connectivity index (χ1) is 11.6. The summed E-state index contributed by atoms with van der Waals surface area (Å²) in [6.07, 6.45) is 2.40. The van der Waals surface area contributed by atoms with Gasteiger partial charge in [-0.1, -0.05) is 12.1 Å². The van der Waals surface area contributed by atoms with E-state index in [-0.39, 0.29) is 5.91 Å². The fourth-order valence-corrected chi connectivity index (χ4v) is 2.65. The fraction of sp³-hybridized carbons (Fsp3) is 0.278. The van der Waals surface area contributed by atoms with E-state index in [9.17, 15) is 4.79 Å². The zero-order valence-corrected chi connectivity index (χ0v) is 14.0. The monoisotopic (exact) mass is 324 g/mol. The molecule has 6 nitrogen and oxygen atoms in total. The molecule has 0 aliphatic rings. The number of aromatic nitrogens is 3. The Balaban J connectivity index is 1.88. The molecule has 0 radical (unpaired) electrons. The molecule has 0 aliphatic heterocycles. The molecule has 0 unspecified atom stereocenters. The Morgan fingerprint density at radius 3 is 2.96 bits per heavy atom. The van der Waals surface area contributed by atoms with Crippen molar-refractivity contribution in [1.29, 1.82) is 0 Å². The second kappa shape index (κ2) is 6.80. The summed E-state index contributed by atoms with van der Waals surface area (Å²) in [7, 11) is 3.46. The van der Waals surface area contributed by atoms with Gasteiger partial charge in [-0.15, -0.1) is 0 Å². The molecule has 0 saturated carbocycles. The predicted molar refractivity (Wildman–Crippen MR) is 93.2 cm³/mol. The van der Waals surface area contributed by atoms with Gasteiger partial charge in [0, 0.05) is 38.2 Å². The van der Waals surface area contributed by atoms with Crippen LogP contribution in [0.2, 0.25) is 0 Å². The summed E-state index contributed by atoms with van der Waals surface area (Å²) in [5.41, 5.74) is 3.23. The van der Waals surface area contributed by atoms with Crippen molar-refractivity contribution >= 4 is 22.6 Å². The van der Waals surface area contributed by atoms with Gasteiger partial charge in [0.05, 0.1) is 23.4 Å². The molecule has 1 amide bonds. The van der Waals surface area contributed by atoms with E-state index in [0.29, 0.717) is 29.9 Å². The quantitative estimate of drug-likeness (QED) is 0.783. The third kappa shape index (κ3) is 3.14. The fourth-order valence-electron chi connectivity index (χ4n) is 2.65. The Kier molecular flexibility index (Phi) is 4.57. The van der Waals surface area contributed by atoms with Gasteiger partial charge in [-0.05, 0) is 24.6 Å². The van der Waals surface area contributed by atoms with Crippen LogP contribution in [-0.4, -0.2) is 34.4 Å². The summed E-state index contributed by atoms with van der Waals surface area (Å²) in [4.78, 5) is 17.1. The molecular formula is C18H20N4O2. The number of benzene rings is 1. The van der Waals surface area contributed by atoms with Crippen molar-refractivity contribution in [1.82, 2.24) is 14.8 Å². The summed E-state index contributed by atoms with van der Waals surface area (Å²) in [5, 5.41) is 8.28. The summed E-state index contributed by atoms with van der Waals surface area (Å²) in [5.74, 6) is 0.454. The van der Waals surface area contributed by atoms with Crippen LogP contribution in [-0.2, 0) is 18.2 Å². The number of hydrogen-bond donors (Lipinski definition) is 1. The van der Waals surface area contributed by atoms with E-state index in [1.807, 2.05) is 37.3 Å². The van der Waals surface area contributed by atoms with Crippen molar-refractivity contribution in [3.8, 4) is 0 Å². The molecule has 3 rings (SSSR count). The number of methoxy groups -OCH3 is 1. The summed E-state index contributed by atoms with van der Waals surface area (Å²) >= 11 is 0. The Bertz CT molecular complexity index is 886. The standard InChI is InChI=1S/C18H20N4O2/c1-12-6-7-15(17-14(12)5-4-9-19-17)18(23)20-16-11-13(8-10-24-3)21-22(16)2/h4-7,9,11H,8,10H2,1-3H3,(H,20,23). The third-order valence-corrected chi connectivity index (χ3v) is 3.97. The SMILES string of the molecule is COCCc1cc(NC(=O)c2ccc(C)c3cccnc23)n(C)n1. The van der Waals surface area contributed by atoms with Crippen LogP contribution in [0, 0.1) is 6.92 Å². The van der Waals surface area contributed by atoms with Crippen LogP contribution < -0.4 is 5.32 Å². The highest BCUT2D eigenvalue weighted by atomic mass is 16.5. The number of rotatable bonds is 5. The lowest BCUT2D eigenvalue weighted by atomic mass is 10.0. The van der Waals surface area contributed by atoms with Gasteiger partial charge < -0.3 is 10.1 Å². The maximum Gasteiger partial charge on any atom is 0.259 e. The molecule has 3 aromatic rings. The van der Waals surface area contributed by atoms with E-state index < -0.39 is 0 Å². The number of carbonyl (C=O) groups is 1. The molecule has 1 N–H and O–H groups in total. The summed E-state index contributed by atoms with van der Waals surface area (Å²) in [6, 6.07) is 9.46. The van der Waals surface area contributed by atoms with E-state index in [0.717, 1.165) is 16.6 Å². The average molecular weight is 324 g/mol. The van der Waals surface area contributed by atoms with E-state index in [1.165, 1.54) is 0 Å². The lowest BCUT2D eigenvalue weighted by molar-refractivity contribution is 0.102. The van der Waals surface area contributed by atoms with Crippen molar-refractivity contribution in [3.63, 3.8) is 0 Å². The number of aryl methyl sites for hydroxylation is 2. The number of amides is 1. The first kappa shape index (κ1) is 16.1. The van der Waals surface area contributed by atoms with E-state index in [1.54, 1.807) is 25.0 Å². The maximum atomic E-state index is 12.7. The molecule has 2 heterocycles. The van der Waals surface area contributed by atoms with Gasteiger partial charge in [0.2, 0.25) is 0 Å². The van der Waals surface area contributed by atoms with Crippen LogP contribution in [0.4, 0.5) is 5.82 Å². The van der Waals surface area contributed by atoms with Gasteiger partial charge in [0.1, 0.15) is 5.82 Å². The molecule has 124 valence electrons. The van der Waals surface area contributed by atoms with E-state index in [2.05, 4.69) is 15.4 Å². The molecule has 24 heavy (non-hydrogen) atoms. The Hall–Kier alpha value is -2.73. The maximum absolute atomic E-state index is 12.7. The minimum Gasteiger partial charge on any atom is -0.384 e. The Labute approximate surface area is 140 Å². The second-order valence-corrected chi connectivity index (χ2v) is 5.67. The van der Waals surface area contributed by atoms with Crippen LogP contribution >= 0.6 is 0 Å². The van der Waals surface area contributed by atoms with Crippen molar-refractivity contribution < 1.29 is 9.53 Å². The van der Waals surface area contributed by atoms with Crippen molar-refractivity contribution in [2.75, 3.05) is 19.0 Å². The molecule has 6 heteroatoms. The van der Waals surface area contributed by atoms with Gasteiger partial charge >= 0.3 is 0 Å². The minimum atomic E-state index is -0.194. The van der Waals surface area contributed by atoms with Crippen LogP contribution in [0.25, 0.3) is 10.9 Å². The lowest BCUT2D eigenvalue weighted by Crippen LogP contribution is -2.15. The molecular weight excluding hydrogens is 304 g/mol. The van der Waals surface area contributed by atoms with Gasteiger partial charge in [-0.25, -0.2) is 0 Å². The smallest absolute Gasteiger partial charge is 0.259 e. The summed E-state index contributed by atoms with van der Waals surface area (Å²) < 4.78 is 6.72. The number of nitrogens with zero attached hydrogens (tertiary/aromatic N) is 3. The average Bonchev–Trinajstić information content (AvgIpc) is 2.93. The number of nitrogens with one attached hydrogen (secondary N) is 1. The molecule has 0 bridgehead atoms. The molecule has 0 fully saturated rings. The van der Waals surface area contributed by atoms with Gasteiger partial charge in [0.15, 0.2) is 0 Å². The van der Waals surface area contributed by atoms with Crippen molar-refractivity contribution in [2.24, 2.45) is 7.05 Å². The molecule has 1 aromatic carbocycles. The predicted octanol–water partition coefficient (Wildman–Crippen LogP) is 2.72. The highest BCUT2D eigenvalue weighted by Gasteiger charge is 2.15. The lowest BCUT2D eigenvalue weighted by Gasteiger charge is -2.09. The number of carbonyl (C=O) groups excluding carboxylic acids is 1. The minimum absolute atomic E-state index is 0.194. The number of pyridine rings is 1. The highest BCUT2D eigenvalue weighted by Crippen LogP contribution is 2.21. The van der Waals surface area contributed by atoms with Gasteiger partial charge in [-0.3, -0.25) is 14.5 Å². The van der Waals surface area contributed by atoms with Crippen molar-refractivity contribution in [2.45, 2.75) is 13.3 Å². The summed E-state index contributed by atoms with van der Waals surface area (Å²) in [6.45, 7) is 2.60. The molecule has 0 atom stereocenters. The molecule has 0 spiro atoms. The molecule has 0 aliphatic carbocycles. The van der Waals surface area contributed by atoms with E-state index in [4.69, 9.17) is 4.74 Å². The number of anilines is 1. The van der Waals surface area contributed by atoms with Gasteiger partial charge in [-0.2, -0.15) is 5.10 Å². The molecule has 2 aromatic heterocycles. The normalized spacial score (nSPS) is 11.0. The van der Waals surface area contributed by atoms with Crippen LogP contribution in [0.15, 0.2) is 36.5 Å². The topological polar surface area (TPSA) is 69.0 Å². The van der Waals surface area contributed by atoms with Crippen LogP contribution in [0.1, 0.15) is 21.6 Å². The molecule has 0 saturated heterocycles. The Morgan fingerprint density at radius 2 is 2.17 bits per heavy atom. The highest BCUT2D eigenvalue weighted by molar-refractivity contribution is 6.12. The first-order valence-corrected chi connectivity index (χ1v) is 7.77. The zero-order valence-electron chi connectivity index (χ0n) is 14.0. The third-order valence-electron chi connectivity index (χ3n) is 3.97. The number of fused-ring (bicyclic) bond motifs is 1. The first-order valence-electron chi connectivity index (χ1n) is 7.77. The largest absolute Gasteiger partial charge is 0.384 e. The van der Waals surface area contributed by atoms with E-state index >= 15 is 0 Å². The van der Waals surface area contributed by atoms with Crippen LogP contribution in [0.3, 0.4) is 0 Å². The Morgan fingerprint density at radius 1 is 1.33 bits per heavy atom. The second-order valence-electron chi connectivity index (χ2n) is 5.67. The zero-order chi connectivity index (χ0) is 17.1. The van der Waals surface area contributed by atoms with Crippen molar-refractivity contribution in [3.05, 3.63) is 53.3 Å². The number of hydrogen-bond acceptors (Lipinski definition) is 4. The van der Waals surface area contributed by atoms with Gasteiger partial charge in [0.25, 0.3) is 5.91 Å². The number of ether oxygens (including phenoxy) is 1.